The van der Waals surface area contributed by atoms with Crippen LogP contribution in [0, 0.1) is 6.92 Å². The summed E-state index contributed by atoms with van der Waals surface area (Å²) < 4.78 is 5.88. The molecule has 3 heteroatoms. The first-order valence-electron chi connectivity index (χ1n) is 7.10. The van der Waals surface area contributed by atoms with E-state index in [2.05, 4.69) is 40.6 Å². The molecule has 0 bridgehead atoms. The summed E-state index contributed by atoms with van der Waals surface area (Å²) in [6.45, 7) is 3.68. The highest BCUT2D eigenvalue weighted by atomic mass is 16.5. The zero-order chi connectivity index (χ0) is 13.9. The number of hydrogen-bond acceptors (Lipinski definition) is 3. The van der Waals surface area contributed by atoms with Gasteiger partial charge in [-0.1, -0.05) is 18.2 Å². The standard InChI is InChI=1S/C17H20N2O/c1-12-10-13(6-8-19-12)14-4-3-5-16-15(14)7-9-20-17(16)11-18-2/h3-6,8,10,17-18H,7,9,11H2,1-2H3/t17-/m1/s1. The van der Waals surface area contributed by atoms with Crippen molar-refractivity contribution in [3.63, 3.8) is 0 Å². The van der Waals surface area contributed by atoms with E-state index in [9.17, 15) is 0 Å². The topological polar surface area (TPSA) is 34.1 Å². The van der Waals surface area contributed by atoms with Gasteiger partial charge >= 0.3 is 0 Å². The van der Waals surface area contributed by atoms with E-state index in [1.54, 1.807) is 0 Å². The fourth-order valence-electron chi connectivity index (χ4n) is 2.92. The molecule has 0 spiro atoms. The summed E-state index contributed by atoms with van der Waals surface area (Å²) in [6, 6.07) is 10.8. The fourth-order valence-corrected chi connectivity index (χ4v) is 2.92. The van der Waals surface area contributed by atoms with Gasteiger partial charge in [-0.05, 0) is 54.8 Å². The first kappa shape index (κ1) is 13.3. The number of pyridine rings is 1. The van der Waals surface area contributed by atoms with Gasteiger partial charge in [0.15, 0.2) is 0 Å². The predicted molar refractivity (Wildman–Crippen MR) is 80.7 cm³/mol. The number of fused-ring (bicyclic) bond motifs is 1. The number of hydrogen-bond donors (Lipinski definition) is 1. The Morgan fingerprint density at radius 3 is 3.05 bits per heavy atom. The van der Waals surface area contributed by atoms with E-state index < -0.39 is 0 Å². The minimum Gasteiger partial charge on any atom is -0.372 e. The molecule has 20 heavy (non-hydrogen) atoms. The van der Waals surface area contributed by atoms with Gasteiger partial charge in [0.2, 0.25) is 0 Å². The Balaban J connectivity index is 2.07. The van der Waals surface area contributed by atoms with Crippen LogP contribution in [0.3, 0.4) is 0 Å². The first-order valence-corrected chi connectivity index (χ1v) is 7.10. The molecule has 0 aliphatic carbocycles. The van der Waals surface area contributed by atoms with E-state index in [1.165, 1.54) is 22.3 Å². The average Bonchev–Trinajstić information content (AvgIpc) is 2.47. The van der Waals surface area contributed by atoms with Gasteiger partial charge in [0.25, 0.3) is 0 Å². The zero-order valence-corrected chi connectivity index (χ0v) is 12.0. The Morgan fingerprint density at radius 1 is 1.35 bits per heavy atom. The lowest BCUT2D eigenvalue weighted by molar-refractivity contribution is 0.0440. The van der Waals surface area contributed by atoms with Gasteiger partial charge in [-0.3, -0.25) is 4.98 Å². The van der Waals surface area contributed by atoms with Crippen LogP contribution < -0.4 is 5.32 Å². The molecule has 0 radical (unpaired) electrons. The van der Waals surface area contributed by atoms with Crippen molar-refractivity contribution >= 4 is 0 Å². The van der Waals surface area contributed by atoms with Crippen molar-refractivity contribution in [2.45, 2.75) is 19.4 Å². The van der Waals surface area contributed by atoms with Crippen LogP contribution in [0.2, 0.25) is 0 Å². The molecule has 2 aromatic rings. The second-order valence-electron chi connectivity index (χ2n) is 5.23. The highest BCUT2D eigenvalue weighted by molar-refractivity contribution is 5.69. The molecule has 0 saturated carbocycles. The summed E-state index contributed by atoms with van der Waals surface area (Å²) in [7, 11) is 1.97. The van der Waals surface area contributed by atoms with Gasteiger partial charge in [-0.15, -0.1) is 0 Å². The van der Waals surface area contributed by atoms with Gasteiger partial charge in [-0.2, -0.15) is 0 Å². The number of aryl methyl sites for hydroxylation is 1. The second kappa shape index (κ2) is 5.73. The molecule has 1 aliphatic heterocycles. The van der Waals surface area contributed by atoms with Crippen LogP contribution in [0.5, 0.6) is 0 Å². The summed E-state index contributed by atoms with van der Waals surface area (Å²) >= 11 is 0. The normalized spacial score (nSPS) is 17.8. The summed E-state index contributed by atoms with van der Waals surface area (Å²) in [5.74, 6) is 0. The van der Waals surface area contributed by atoms with E-state index >= 15 is 0 Å². The van der Waals surface area contributed by atoms with Crippen molar-refractivity contribution in [3.8, 4) is 11.1 Å². The molecule has 0 unspecified atom stereocenters. The van der Waals surface area contributed by atoms with Crippen molar-refractivity contribution < 1.29 is 4.74 Å². The van der Waals surface area contributed by atoms with E-state index in [1.807, 2.05) is 20.2 Å². The predicted octanol–water partition coefficient (Wildman–Crippen LogP) is 2.89. The molecule has 0 saturated heterocycles. The first-order chi connectivity index (χ1) is 9.79. The number of nitrogens with one attached hydrogen (secondary N) is 1. The van der Waals surface area contributed by atoms with Crippen LogP contribution in [-0.2, 0) is 11.2 Å². The molecule has 1 aromatic carbocycles. The quantitative estimate of drug-likeness (QED) is 0.929. The zero-order valence-electron chi connectivity index (χ0n) is 12.0. The number of aromatic nitrogens is 1. The minimum absolute atomic E-state index is 0.159. The van der Waals surface area contributed by atoms with Crippen molar-refractivity contribution in [2.75, 3.05) is 20.2 Å². The molecule has 1 atom stereocenters. The molecule has 0 fully saturated rings. The van der Waals surface area contributed by atoms with E-state index in [0.29, 0.717) is 0 Å². The third-order valence-electron chi connectivity index (χ3n) is 3.83. The summed E-state index contributed by atoms with van der Waals surface area (Å²) in [5.41, 5.74) is 6.36. The number of benzene rings is 1. The van der Waals surface area contributed by atoms with Gasteiger partial charge in [0.05, 0.1) is 12.7 Å². The lowest BCUT2D eigenvalue weighted by Gasteiger charge is -2.28. The van der Waals surface area contributed by atoms with Gasteiger partial charge in [0, 0.05) is 18.4 Å². The molecule has 2 heterocycles. The van der Waals surface area contributed by atoms with Crippen LogP contribution in [0.25, 0.3) is 11.1 Å². The third-order valence-corrected chi connectivity index (χ3v) is 3.83. The van der Waals surface area contributed by atoms with Crippen molar-refractivity contribution in [1.82, 2.24) is 10.3 Å². The lowest BCUT2D eigenvalue weighted by atomic mass is 9.89. The number of rotatable bonds is 3. The van der Waals surface area contributed by atoms with Crippen molar-refractivity contribution in [1.29, 1.82) is 0 Å². The van der Waals surface area contributed by atoms with Crippen molar-refractivity contribution in [3.05, 3.63) is 53.3 Å². The minimum atomic E-state index is 0.159. The maximum atomic E-state index is 5.88. The summed E-state index contributed by atoms with van der Waals surface area (Å²) in [5, 5.41) is 3.21. The maximum Gasteiger partial charge on any atom is 0.0952 e. The Bertz CT molecular complexity index is 610. The molecule has 3 nitrogen and oxygen atoms in total. The maximum absolute atomic E-state index is 5.88. The Hall–Kier alpha value is -1.71. The largest absolute Gasteiger partial charge is 0.372 e. The van der Waals surface area contributed by atoms with Gasteiger partial charge in [-0.25, -0.2) is 0 Å². The summed E-state index contributed by atoms with van der Waals surface area (Å²) in [6.07, 6.45) is 3.02. The Labute approximate surface area is 120 Å². The second-order valence-corrected chi connectivity index (χ2v) is 5.23. The SMILES string of the molecule is CNC[C@H]1OCCc2c(-c3ccnc(C)c3)cccc21. The molecule has 3 rings (SSSR count). The Kier molecular flexibility index (Phi) is 3.81. The fraction of sp³-hybridized carbons (Fsp3) is 0.353. The molecule has 0 amide bonds. The highest BCUT2D eigenvalue weighted by Gasteiger charge is 2.22. The van der Waals surface area contributed by atoms with Crippen LogP contribution in [0.15, 0.2) is 36.5 Å². The van der Waals surface area contributed by atoms with E-state index in [0.717, 1.165) is 25.3 Å². The molecule has 104 valence electrons. The highest BCUT2D eigenvalue weighted by Crippen LogP contribution is 2.34. The van der Waals surface area contributed by atoms with Crippen LogP contribution in [-0.4, -0.2) is 25.2 Å². The number of likely N-dealkylation sites (N-methyl/N-ethyl adjacent to an activating group) is 1. The Morgan fingerprint density at radius 2 is 2.25 bits per heavy atom. The summed E-state index contributed by atoms with van der Waals surface area (Å²) in [4.78, 5) is 4.29. The molecular weight excluding hydrogens is 248 g/mol. The van der Waals surface area contributed by atoms with Crippen LogP contribution >= 0.6 is 0 Å². The van der Waals surface area contributed by atoms with Crippen LogP contribution in [0.4, 0.5) is 0 Å². The third kappa shape index (κ3) is 2.47. The molecular formula is C17H20N2O. The lowest BCUT2D eigenvalue weighted by Crippen LogP contribution is -2.25. The van der Waals surface area contributed by atoms with Gasteiger partial charge < -0.3 is 10.1 Å². The van der Waals surface area contributed by atoms with Crippen LogP contribution in [0.1, 0.15) is 22.9 Å². The van der Waals surface area contributed by atoms with Gasteiger partial charge in [0.1, 0.15) is 0 Å². The molecule has 1 N–H and O–H groups in total. The van der Waals surface area contributed by atoms with E-state index in [-0.39, 0.29) is 6.10 Å². The monoisotopic (exact) mass is 268 g/mol. The van der Waals surface area contributed by atoms with E-state index in [4.69, 9.17) is 4.74 Å². The smallest absolute Gasteiger partial charge is 0.0952 e. The number of nitrogens with zero attached hydrogens (tertiary/aromatic N) is 1. The van der Waals surface area contributed by atoms with Crippen molar-refractivity contribution in [2.24, 2.45) is 0 Å². The average molecular weight is 268 g/mol. The molecule has 1 aromatic heterocycles. The number of ether oxygens (including phenoxy) is 1. The molecule has 1 aliphatic rings.